The largest absolute Gasteiger partial charge is 0.478 e. The molecule has 0 aliphatic heterocycles. The third-order valence-corrected chi connectivity index (χ3v) is 4.25. The number of carboxylic acid groups (broad SMARTS) is 1. The van der Waals surface area contributed by atoms with Crippen molar-refractivity contribution >= 4 is 11.9 Å². The number of amides is 1. The number of carbonyl (C=O) groups is 2. The summed E-state index contributed by atoms with van der Waals surface area (Å²) in [6.45, 7) is -1.05. The summed E-state index contributed by atoms with van der Waals surface area (Å²) in [5.74, 6) is -1.39. The number of hydrogen-bond acceptors (Lipinski definition) is 2. The summed E-state index contributed by atoms with van der Waals surface area (Å²) in [5, 5.41) is 8.82. The molecule has 7 heteroatoms. The van der Waals surface area contributed by atoms with Gasteiger partial charge in [0, 0.05) is 13.0 Å². The molecule has 0 bridgehead atoms. The molecule has 1 aliphatic carbocycles. The highest BCUT2D eigenvalue weighted by Crippen LogP contribution is 2.28. The van der Waals surface area contributed by atoms with Gasteiger partial charge in [-0.25, -0.2) is 4.79 Å². The molecule has 1 saturated carbocycles. The van der Waals surface area contributed by atoms with Gasteiger partial charge < -0.3 is 10.0 Å². The van der Waals surface area contributed by atoms with Crippen LogP contribution in [0, 0.1) is 5.92 Å². The first-order chi connectivity index (χ1) is 11.2. The van der Waals surface area contributed by atoms with E-state index in [0.717, 1.165) is 29.7 Å². The normalized spacial score (nSPS) is 15.0. The van der Waals surface area contributed by atoms with Crippen molar-refractivity contribution in [3.05, 3.63) is 35.4 Å². The summed E-state index contributed by atoms with van der Waals surface area (Å²) < 4.78 is 38.0. The molecule has 2 rings (SSSR count). The van der Waals surface area contributed by atoms with E-state index in [1.165, 1.54) is 12.1 Å². The lowest BCUT2D eigenvalue weighted by atomic mass is 9.85. The van der Waals surface area contributed by atoms with E-state index in [1.807, 2.05) is 0 Å². The van der Waals surface area contributed by atoms with Gasteiger partial charge in [-0.05, 0) is 42.9 Å². The van der Waals surface area contributed by atoms with Crippen LogP contribution in [0.5, 0.6) is 0 Å². The maximum absolute atomic E-state index is 12.7. The van der Waals surface area contributed by atoms with Gasteiger partial charge in [-0.15, -0.1) is 0 Å². The average molecular weight is 343 g/mol. The van der Waals surface area contributed by atoms with E-state index in [4.69, 9.17) is 5.11 Å². The van der Waals surface area contributed by atoms with E-state index in [1.54, 1.807) is 12.1 Å². The molecule has 0 radical (unpaired) electrons. The highest BCUT2D eigenvalue weighted by molar-refractivity contribution is 5.87. The van der Waals surface area contributed by atoms with Gasteiger partial charge in [-0.3, -0.25) is 4.79 Å². The first-order valence-corrected chi connectivity index (χ1v) is 7.91. The Kier molecular flexibility index (Phi) is 5.85. The second kappa shape index (κ2) is 7.68. The molecule has 0 aromatic heterocycles. The Morgan fingerprint density at radius 3 is 2.25 bits per heavy atom. The van der Waals surface area contributed by atoms with E-state index in [0.29, 0.717) is 0 Å². The minimum atomic E-state index is -4.40. The van der Waals surface area contributed by atoms with E-state index < -0.39 is 24.6 Å². The van der Waals surface area contributed by atoms with Crippen molar-refractivity contribution in [1.82, 2.24) is 4.90 Å². The maximum atomic E-state index is 12.7. The first kappa shape index (κ1) is 18.3. The van der Waals surface area contributed by atoms with Gasteiger partial charge in [0.15, 0.2) is 0 Å². The third kappa shape index (κ3) is 5.54. The Balaban J connectivity index is 1.91. The fourth-order valence-corrected chi connectivity index (χ4v) is 2.68. The van der Waals surface area contributed by atoms with Gasteiger partial charge >= 0.3 is 12.1 Å². The molecule has 0 heterocycles. The van der Waals surface area contributed by atoms with Crippen molar-refractivity contribution in [2.45, 2.75) is 38.3 Å². The SMILES string of the molecule is O=C(O)c1ccc(CCC(=O)N(CC2CCC2)CC(F)(F)F)cc1. The lowest BCUT2D eigenvalue weighted by molar-refractivity contribution is -0.163. The Bertz CT molecular complexity index is 580. The van der Waals surface area contributed by atoms with Crippen LogP contribution >= 0.6 is 0 Å². The predicted molar refractivity (Wildman–Crippen MR) is 81.7 cm³/mol. The van der Waals surface area contributed by atoms with Crippen LogP contribution in [0.1, 0.15) is 41.6 Å². The molecule has 1 aliphatic rings. The summed E-state index contributed by atoms with van der Waals surface area (Å²) in [7, 11) is 0. The Morgan fingerprint density at radius 1 is 1.17 bits per heavy atom. The fourth-order valence-electron chi connectivity index (χ4n) is 2.68. The van der Waals surface area contributed by atoms with Gasteiger partial charge in [-0.1, -0.05) is 18.6 Å². The number of alkyl halides is 3. The zero-order valence-electron chi connectivity index (χ0n) is 13.2. The molecule has 1 N–H and O–H groups in total. The summed E-state index contributed by atoms with van der Waals surface area (Å²) >= 11 is 0. The van der Waals surface area contributed by atoms with Crippen LogP contribution in [0.2, 0.25) is 0 Å². The van der Waals surface area contributed by atoms with Crippen molar-refractivity contribution in [3.8, 4) is 0 Å². The van der Waals surface area contributed by atoms with Crippen LogP contribution in [0.4, 0.5) is 13.2 Å². The van der Waals surface area contributed by atoms with E-state index in [2.05, 4.69) is 0 Å². The Labute approximate surface area is 138 Å². The molecule has 24 heavy (non-hydrogen) atoms. The van der Waals surface area contributed by atoms with Crippen LogP contribution in [-0.4, -0.2) is 41.1 Å². The Morgan fingerprint density at radius 2 is 1.79 bits per heavy atom. The van der Waals surface area contributed by atoms with Crippen LogP contribution in [0.25, 0.3) is 0 Å². The monoisotopic (exact) mass is 343 g/mol. The van der Waals surface area contributed by atoms with Crippen LogP contribution in [-0.2, 0) is 11.2 Å². The van der Waals surface area contributed by atoms with Crippen LogP contribution < -0.4 is 0 Å². The van der Waals surface area contributed by atoms with E-state index in [9.17, 15) is 22.8 Å². The first-order valence-electron chi connectivity index (χ1n) is 7.91. The lowest BCUT2D eigenvalue weighted by Gasteiger charge is -2.33. The number of benzene rings is 1. The minimum Gasteiger partial charge on any atom is -0.478 e. The van der Waals surface area contributed by atoms with E-state index >= 15 is 0 Å². The third-order valence-electron chi connectivity index (χ3n) is 4.25. The number of aryl methyl sites for hydroxylation is 1. The summed E-state index contributed by atoms with van der Waals surface area (Å²) in [6.07, 6.45) is -1.37. The second-order valence-corrected chi connectivity index (χ2v) is 6.19. The van der Waals surface area contributed by atoms with Gasteiger partial charge in [0.2, 0.25) is 5.91 Å². The molecular formula is C17H20F3NO3. The van der Waals surface area contributed by atoms with Crippen molar-refractivity contribution in [2.75, 3.05) is 13.1 Å². The number of halogens is 3. The summed E-state index contributed by atoms with van der Waals surface area (Å²) in [5.41, 5.74) is 0.859. The van der Waals surface area contributed by atoms with Crippen LogP contribution in [0.15, 0.2) is 24.3 Å². The highest BCUT2D eigenvalue weighted by Gasteiger charge is 2.34. The molecule has 132 valence electrons. The lowest BCUT2D eigenvalue weighted by Crippen LogP contribution is -2.43. The molecule has 4 nitrogen and oxygen atoms in total. The van der Waals surface area contributed by atoms with E-state index in [-0.39, 0.29) is 30.9 Å². The van der Waals surface area contributed by atoms with Gasteiger partial charge in [-0.2, -0.15) is 13.2 Å². The molecular weight excluding hydrogens is 323 g/mol. The predicted octanol–water partition coefficient (Wildman–Crippen LogP) is 3.51. The highest BCUT2D eigenvalue weighted by atomic mass is 19.4. The zero-order chi connectivity index (χ0) is 17.7. The quantitative estimate of drug-likeness (QED) is 0.824. The number of hydrogen-bond donors (Lipinski definition) is 1. The second-order valence-electron chi connectivity index (χ2n) is 6.19. The Hall–Kier alpha value is -2.05. The molecule has 0 atom stereocenters. The fraction of sp³-hybridized carbons (Fsp3) is 0.529. The topological polar surface area (TPSA) is 57.6 Å². The summed E-state index contributed by atoms with van der Waals surface area (Å²) in [6, 6.07) is 6.00. The maximum Gasteiger partial charge on any atom is 0.406 e. The smallest absolute Gasteiger partial charge is 0.406 e. The number of aromatic carboxylic acids is 1. The van der Waals surface area contributed by atoms with Crippen molar-refractivity contribution < 1.29 is 27.9 Å². The zero-order valence-corrected chi connectivity index (χ0v) is 13.2. The molecule has 0 spiro atoms. The van der Waals surface area contributed by atoms with Crippen molar-refractivity contribution in [3.63, 3.8) is 0 Å². The standard InChI is InChI=1S/C17H20F3NO3/c18-17(19,20)11-21(10-13-2-1-3-13)15(22)9-6-12-4-7-14(8-5-12)16(23)24/h4-5,7-8,13H,1-3,6,9-11H2,(H,23,24). The van der Waals surface area contributed by atoms with Gasteiger partial charge in [0.25, 0.3) is 0 Å². The number of nitrogens with zero attached hydrogens (tertiary/aromatic N) is 1. The summed E-state index contributed by atoms with van der Waals surface area (Å²) in [4.78, 5) is 23.9. The molecule has 1 aromatic rings. The molecule has 1 amide bonds. The number of carbonyl (C=O) groups excluding carboxylic acids is 1. The molecule has 0 saturated heterocycles. The van der Waals surface area contributed by atoms with Crippen LogP contribution in [0.3, 0.4) is 0 Å². The van der Waals surface area contributed by atoms with Gasteiger partial charge in [0.1, 0.15) is 6.54 Å². The number of carboxylic acids is 1. The molecule has 0 unspecified atom stereocenters. The van der Waals surface area contributed by atoms with Crippen molar-refractivity contribution in [1.29, 1.82) is 0 Å². The molecule has 1 aromatic carbocycles. The van der Waals surface area contributed by atoms with Crippen molar-refractivity contribution in [2.24, 2.45) is 5.92 Å². The number of rotatable bonds is 7. The average Bonchev–Trinajstić information content (AvgIpc) is 2.46. The minimum absolute atomic E-state index is 0.0186. The molecule has 1 fully saturated rings. The van der Waals surface area contributed by atoms with Gasteiger partial charge in [0.05, 0.1) is 5.56 Å².